The summed E-state index contributed by atoms with van der Waals surface area (Å²) >= 11 is 0. The fourth-order valence-electron chi connectivity index (χ4n) is 2.70. The van der Waals surface area contributed by atoms with E-state index in [2.05, 4.69) is 10.4 Å². The molecule has 0 aliphatic heterocycles. The van der Waals surface area contributed by atoms with Crippen LogP contribution in [0.15, 0.2) is 58.1 Å². The number of amides is 1. The predicted molar refractivity (Wildman–Crippen MR) is 104 cm³/mol. The van der Waals surface area contributed by atoms with Crippen molar-refractivity contribution in [2.75, 3.05) is 20.3 Å². The first-order chi connectivity index (χ1) is 14.4. The van der Waals surface area contributed by atoms with Crippen LogP contribution in [0.3, 0.4) is 0 Å². The quantitative estimate of drug-likeness (QED) is 0.582. The van der Waals surface area contributed by atoms with Gasteiger partial charge in [-0.25, -0.2) is 13.6 Å². The molecule has 0 aliphatic rings. The number of ether oxygens (including phenoxy) is 1. The average Bonchev–Trinajstić information content (AvgIpc) is 2.73. The van der Waals surface area contributed by atoms with Crippen LogP contribution < -0.4 is 16.6 Å². The summed E-state index contributed by atoms with van der Waals surface area (Å²) in [6, 6.07) is 10.5. The first-order valence-corrected chi connectivity index (χ1v) is 8.93. The summed E-state index contributed by atoms with van der Waals surface area (Å²) in [6.45, 7) is 0.0446. The van der Waals surface area contributed by atoms with Gasteiger partial charge in [-0.1, -0.05) is 24.3 Å². The van der Waals surface area contributed by atoms with Gasteiger partial charge in [-0.3, -0.25) is 14.2 Å². The van der Waals surface area contributed by atoms with E-state index in [1.807, 2.05) is 0 Å². The normalized spacial score (nSPS) is 10.8. The first-order valence-electron chi connectivity index (χ1n) is 8.93. The Morgan fingerprint density at radius 1 is 1.10 bits per heavy atom. The molecule has 30 heavy (non-hydrogen) atoms. The number of benzene rings is 2. The second kappa shape index (κ2) is 9.23. The molecular formula is C20H18F2N4O4. The van der Waals surface area contributed by atoms with Gasteiger partial charge in [0.15, 0.2) is 0 Å². The molecular weight excluding hydrogens is 398 g/mol. The Hall–Kier alpha value is -3.66. The lowest BCUT2D eigenvalue weighted by molar-refractivity contribution is 0.0927. The van der Waals surface area contributed by atoms with E-state index in [4.69, 9.17) is 4.74 Å². The Balaban J connectivity index is 2.15. The van der Waals surface area contributed by atoms with Crippen molar-refractivity contribution < 1.29 is 18.3 Å². The van der Waals surface area contributed by atoms with Crippen LogP contribution >= 0.6 is 0 Å². The molecule has 0 saturated carbocycles. The number of rotatable bonds is 7. The van der Waals surface area contributed by atoms with Crippen LogP contribution in [-0.4, -0.2) is 40.5 Å². The van der Waals surface area contributed by atoms with E-state index >= 15 is 0 Å². The third-order valence-corrected chi connectivity index (χ3v) is 4.20. The molecule has 0 spiro atoms. The lowest BCUT2D eigenvalue weighted by atomic mass is 10.2. The van der Waals surface area contributed by atoms with Gasteiger partial charge in [0.05, 0.1) is 13.2 Å². The number of hydrogen-bond acceptors (Lipinski definition) is 5. The topological polar surface area (TPSA) is 95.2 Å². The number of carbonyl (C=O) groups is 1. The first kappa shape index (κ1) is 21.1. The van der Waals surface area contributed by atoms with Crippen LogP contribution in [0.2, 0.25) is 0 Å². The summed E-state index contributed by atoms with van der Waals surface area (Å²) < 4.78 is 33.7. The van der Waals surface area contributed by atoms with Gasteiger partial charge in [-0.05, 0) is 29.8 Å². The number of methoxy groups -OCH3 is 1. The van der Waals surface area contributed by atoms with Gasteiger partial charge in [-0.15, -0.1) is 0 Å². The molecule has 2 aromatic carbocycles. The smallest absolute Gasteiger partial charge is 0.352 e. The van der Waals surface area contributed by atoms with Gasteiger partial charge < -0.3 is 10.1 Å². The zero-order chi connectivity index (χ0) is 21.7. The highest BCUT2D eigenvalue weighted by Crippen LogP contribution is 2.09. The fraction of sp³-hybridized carbons (Fsp3) is 0.200. The molecule has 3 aromatic rings. The van der Waals surface area contributed by atoms with Crippen LogP contribution in [0.1, 0.15) is 16.1 Å². The molecule has 156 valence electrons. The fourth-order valence-corrected chi connectivity index (χ4v) is 2.70. The van der Waals surface area contributed by atoms with Crippen LogP contribution in [0.25, 0.3) is 5.69 Å². The summed E-state index contributed by atoms with van der Waals surface area (Å²) in [4.78, 5) is 38.2. The lowest BCUT2D eigenvalue weighted by Crippen LogP contribution is -2.46. The molecule has 1 heterocycles. The molecule has 10 heteroatoms. The average molecular weight is 416 g/mol. The minimum absolute atomic E-state index is 0.104. The molecule has 0 atom stereocenters. The third-order valence-electron chi connectivity index (χ3n) is 4.20. The lowest BCUT2D eigenvalue weighted by Gasteiger charge is -2.13. The number of hydrogen-bond donors (Lipinski definition) is 1. The molecule has 0 radical (unpaired) electrons. The van der Waals surface area contributed by atoms with Crippen LogP contribution in [0.4, 0.5) is 8.78 Å². The maximum absolute atomic E-state index is 14.3. The molecule has 0 unspecified atom stereocenters. The van der Waals surface area contributed by atoms with Crippen molar-refractivity contribution in [2.24, 2.45) is 0 Å². The van der Waals surface area contributed by atoms with Gasteiger partial charge in [-0.2, -0.15) is 9.78 Å². The maximum Gasteiger partial charge on any atom is 0.352 e. The zero-order valence-electron chi connectivity index (χ0n) is 16.0. The summed E-state index contributed by atoms with van der Waals surface area (Å²) in [5.74, 6) is -2.08. The molecule has 3 rings (SSSR count). The zero-order valence-corrected chi connectivity index (χ0v) is 16.0. The van der Waals surface area contributed by atoms with E-state index < -0.39 is 34.5 Å². The summed E-state index contributed by atoms with van der Waals surface area (Å²) in [7, 11) is 1.44. The van der Waals surface area contributed by atoms with E-state index in [-0.39, 0.29) is 25.4 Å². The number of para-hydroxylation sites is 1. The van der Waals surface area contributed by atoms with Crippen LogP contribution in [0.5, 0.6) is 0 Å². The Labute approximate surface area is 169 Å². The van der Waals surface area contributed by atoms with Gasteiger partial charge >= 0.3 is 5.69 Å². The Bertz CT molecular complexity index is 1170. The van der Waals surface area contributed by atoms with Crippen molar-refractivity contribution in [1.29, 1.82) is 0 Å². The summed E-state index contributed by atoms with van der Waals surface area (Å²) in [5, 5.41) is 6.27. The second-order valence-corrected chi connectivity index (χ2v) is 6.26. The van der Waals surface area contributed by atoms with Crippen molar-refractivity contribution in [1.82, 2.24) is 19.7 Å². The van der Waals surface area contributed by atoms with Crippen LogP contribution in [0, 0.1) is 11.6 Å². The number of nitrogens with zero attached hydrogens (tertiary/aromatic N) is 3. The number of carbonyl (C=O) groups excluding carboxylic acids is 1. The predicted octanol–water partition coefficient (Wildman–Crippen LogP) is 1.10. The van der Waals surface area contributed by atoms with Crippen molar-refractivity contribution in [3.63, 3.8) is 0 Å². The monoisotopic (exact) mass is 416 g/mol. The highest BCUT2D eigenvalue weighted by atomic mass is 19.1. The Morgan fingerprint density at radius 2 is 1.80 bits per heavy atom. The number of halogens is 2. The molecule has 8 nitrogen and oxygen atoms in total. The van der Waals surface area contributed by atoms with Crippen molar-refractivity contribution in [3.8, 4) is 5.69 Å². The highest BCUT2D eigenvalue weighted by Gasteiger charge is 2.21. The largest absolute Gasteiger partial charge is 0.383 e. The Kier molecular flexibility index (Phi) is 6.48. The van der Waals surface area contributed by atoms with E-state index in [0.717, 1.165) is 10.6 Å². The van der Waals surface area contributed by atoms with Crippen molar-refractivity contribution in [2.45, 2.75) is 6.54 Å². The van der Waals surface area contributed by atoms with E-state index in [1.165, 1.54) is 49.6 Å². The van der Waals surface area contributed by atoms with Gasteiger partial charge in [0.1, 0.15) is 17.3 Å². The highest BCUT2D eigenvalue weighted by molar-refractivity contribution is 5.91. The molecule has 0 saturated heterocycles. The molecule has 0 bridgehead atoms. The van der Waals surface area contributed by atoms with E-state index in [0.29, 0.717) is 10.2 Å². The molecule has 1 aromatic heterocycles. The third kappa shape index (κ3) is 4.49. The molecule has 0 aliphatic carbocycles. The minimum Gasteiger partial charge on any atom is -0.383 e. The van der Waals surface area contributed by atoms with E-state index in [1.54, 1.807) is 0 Å². The van der Waals surface area contributed by atoms with Crippen LogP contribution in [-0.2, 0) is 11.3 Å². The van der Waals surface area contributed by atoms with E-state index in [9.17, 15) is 23.2 Å². The number of nitrogens with one attached hydrogen (secondary N) is 1. The maximum atomic E-state index is 14.3. The number of aromatic nitrogens is 3. The van der Waals surface area contributed by atoms with Crippen molar-refractivity contribution >= 4 is 5.91 Å². The Morgan fingerprint density at radius 3 is 2.47 bits per heavy atom. The van der Waals surface area contributed by atoms with Crippen molar-refractivity contribution in [3.05, 3.63) is 92.3 Å². The molecule has 1 amide bonds. The molecule has 0 fully saturated rings. The summed E-state index contributed by atoms with van der Waals surface area (Å²) in [6.07, 6.45) is 0. The van der Waals surface area contributed by atoms with Gasteiger partial charge in [0.2, 0.25) is 5.69 Å². The standard InChI is InChI=1S/C20H18F2N4O4/c1-30-11-10-23-18(27)17-19(28)25(12-13-6-8-14(21)9-7-13)20(29)26(24-17)16-5-3-2-4-15(16)22/h2-9H,10-12H2,1H3,(H,23,27). The SMILES string of the molecule is COCCNC(=O)c1nn(-c2ccccc2F)c(=O)n(Cc2ccc(F)cc2)c1=O. The van der Waals surface area contributed by atoms with Gasteiger partial charge in [0.25, 0.3) is 11.5 Å². The summed E-state index contributed by atoms with van der Waals surface area (Å²) in [5.41, 5.74) is -2.26. The molecule has 1 N–H and O–H groups in total. The second-order valence-electron chi connectivity index (χ2n) is 6.26. The van der Waals surface area contributed by atoms with Gasteiger partial charge in [0, 0.05) is 13.7 Å². The minimum atomic E-state index is -0.952.